The monoisotopic (exact) mass is 448 g/mol. The Bertz CT molecular complexity index is 985. The lowest BCUT2D eigenvalue weighted by molar-refractivity contribution is 0.0300. The predicted molar refractivity (Wildman–Crippen MR) is 120 cm³/mol. The van der Waals surface area contributed by atoms with E-state index in [1.807, 2.05) is 37.4 Å². The lowest BCUT2D eigenvalue weighted by Gasteiger charge is -2.27. The third-order valence-corrected chi connectivity index (χ3v) is 7.56. The Morgan fingerprint density at radius 2 is 1.83 bits per heavy atom. The fourth-order valence-corrected chi connectivity index (χ4v) is 5.20. The van der Waals surface area contributed by atoms with Crippen molar-refractivity contribution >= 4 is 27.7 Å². The number of hydrogen-bond acceptors (Lipinski definition) is 5. The Kier molecular flexibility index (Phi) is 7.57. The second kappa shape index (κ2) is 9.96. The molecule has 1 saturated heterocycles. The molecule has 1 N–H and O–H groups in total. The number of aryl methyl sites for hydroxylation is 1. The summed E-state index contributed by atoms with van der Waals surface area (Å²) in [5.74, 6) is -0.164. The Hall–Kier alpha value is -1.87. The van der Waals surface area contributed by atoms with Crippen molar-refractivity contribution in [3.8, 4) is 0 Å². The first-order valence-electron chi connectivity index (χ1n) is 10.0. The van der Waals surface area contributed by atoms with Crippen LogP contribution in [0.4, 0.5) is 0 Å². The highest BCUT2D eigenvalue weighted by molar-refractivity contribution is 7.98. The summed E-state index contributed by atoms with van der Waals surface area (Å²) in [6.45, 7) is 5.89. The van der Waals surface area contributed by atoms with Crippen molar-refractivity contribution in [2.75, 3.05) is 32.6 Å². The van der Waals surface area contributed by atoms with Crippen LogP contribution in [0.25, 0.3) is 0 Å². The molecule has 0 unspecified atom stereocenters. The maximum absolute atomic E-state index is 13.0. The second-order valence-electron chi connectivity index (χ2n) is 7.20. The average molecular weight is 449 g/mol. The zero-order valence-corrected chi connectivity index (χ0v) is 19.2. The zero-order chi connectivity index (χ0) is 21.7. The van der Waals surface area contributed by atoms with Gasteiger partial charge in [0.15, 0.2) is 0 Å². The molecule has 1 atom stereocenters. The van der Waals surface area contributed by atoms with Gasteiger partial charge in [-0.1, -0.05) is 31.2 Å². The summed E-state index contributed by atoms with van der Waals surface area (Å²) in [6, 6.07) is 12.2. The van der Waals surface area contributed by atoms with Gasteiger partial charge in [-0.15, -0.1) is 11.8 Å². The van der Waals surface area contributed by atoms with Crippen molar-refractivity contribution in [1.29, 1.82) is 0 Å². The summed E-state index contributed by atoms with van der Waals surface area (Å²) in [6.07, 6.45) is 2.81. The van der Waals surface area contributed by atoms with E-state index in [1.165, 1.54) is 23.4 Å². The molecule has 3 rings (SSSR count). The number of nitrogens with one attached hydrogen (secondary N) is 1. The molecule has 1 amide bonds. The molecule has 8 heteroatoms. The Morgan fingerprint density at radius 1 is 1.17 bits per heavy atom. The van der Waals surface area contributed by atoms with Crippen LogP contribution in [-0.2, 0) is 21.2 Å². The lowest BCUT2D eigenvalue weighted by Crippen LogP contribution is -2.41. The highest BCUT2D eigenvalue weighted by Gasteiger charge is 2.25. The quantitative estimate of drug-likeness (QED) is 0.657. The summed E-state index contributed by atoms with van der Waals surface area (Å²) in [7, 11) is -3.79. The molecule has 2 aromatic rings. The number of rotatable bonds is 7. The zero-order valence-electron chi connectivity index (χ0n) is 17.6. The number of sulfonamides is 1. The number of morpholine rings is 1. The molecule has 162 valence electrons. The van der Waals surface area contributed by atoms with Gasteiger partial charge in [0.2, 0.25) is 10.0 Å². The van der Waals surface area contributed by atoms with E-state index in [0.717, 1.165) is 16.9 Å². The largest absolute Gasteiger partial charge is 0.378 e. The van der Waals surface area contributed by atoms with E-state index >= 15 is 0 Å². The van der Waals surface area contributed by atoms with Crippen LogP contribution in [0, 0.1) is 0 Å². The smallest absolute Gasteiger partial charge is 0.255 e. The van der Waals surface area contributed by atoms with Crippen molar-refractivity contribution in [2.24, 2.45) is 0 Å². The van der Waals surface area contributed by atoms with Gasteiger partial charge in [0, 0.05) is 24.0 Å². The molecule has 1 aliphatic heterocycles. The fraction of sp³-hybridized carbons (Fsp3) is 0.409. The minimum atomic E-state index is -3.79. The molecule has 0 radical (unpaired) electrons. The van der Waals surface area contributed by atoms with Gasteiger partial charge in [-0.3, -0.25) is 4.79 Å². The van der Waals surface area contributed by atoms with Gasteiger partial charge in [0.25, 0.3) is 5.91 Å². The average Bonchev–Trinajstić information content (AvgIpc) is 2.78. The van der Waals surface area contributed by atoms with Crippen LogP contribution in [-0.4, -0.2) is 51.8 Å². The molecule has 0 bridgehead atoms. The minimum absolute atomic E-state index is 0.0916. The summed E-state index contributed by atoms with van der Waals surface area (Å²) < 4.78 is 34.1. The molecule has 0 spiro atoms. The number of amides is 1. The van der Waals surface area contributed by atoms with Crippen molar-refractivity contribution in [3.05, 3.63) is 59.2 Å². The van der Waals surface area contributed by atoms with Gasteiger partial charge < -0.3 is 9.64 Å². The van der Waals surface area contributed by atoms with Crippen molar-refractivity contribution in [3.63, 3.8) is 0 Å². The molecule has 1 heterocycles. The Morgan fingerprint density at radius 3 is 2.43 bits per heavy atom. The van der Waals surface area contributed by atoms with Crippen LogP contribution < -0.4 is 4.72 Å². The molecular weight excluding hydrogens is 420 g/mol. The number of carbonyl (C=O) groups excluding carboxylic acids is 1. The molecule has 0 aliphatic carbocycles. The Labute approximate surface area is 183 Å². The number of thioether (sulfide) groups is 1. The molecule has 0 aromatic heterocycles. The van der Waals surface area contributed by atoms with E-state index in [2.05, 4.69) is 11.6 Å². The number of hydrogen-bond donors (Lipinski definition) is 1. The van der Waals surface area contributed by atoms with Crippen molar-refractivity contribution in [1.82, 2.24) is 9.62 Å². The van der Waals surface area contributed by atoms with Crippen LogP contribution in [0.1, 0.15) is 41.4 Å². The summed E-state index contributed by atoms with van der Waals surface area (Å²) in [5.41, 5.74) is 2.50. The molecule has 30 heavy (non-hydrogen) atoms. The van der Waals surface area contributed by atoms with Crippen LogP contribution in [0.2, 0.25) is 0 Å². The van der Waals surface area contributed by atoms with Gasteiger partial charge >= 0.3 is 0 Å². The first-order chi connectivity index (χ1) is 14.4. The molecular formula is C22H28N2O4S2. The molecule has 1 aliphatic rings. The van der Waals surface area contributed by atoms with Crippen molar-refractivity contribution < 1.29 is 17.9 Å². The van der Waals surface area contributed by atoms with Gasteiger partial charge in [0.1, 0.15) is 0 Å². The second-order valence-corrected chi connectivity index (χ2v) is 9.77. The molecule has 0 saturated carbocycles. The summed E-state index contributed by atoms with van der Waals surface area (Å²) in [4.78, 5) is 15.6. The number of ether oxygens (including phenoxy) is 1. The van der Waals surface area contributed by atoms with Crippen molar-refractivity contribution in [2.45, 2.75) is 36.1 Å². The highest BCUT2D eigenvalue weighted by Crippen LogP contribution is 2.26. The number of carbonyl (C=O) groups is 1. The predicted octanol–water partition coefficient (Wildman–Crippen LogP) is 3.48. The fourth-order valence-electron chi connectivity index (χ4n) is 3.37. The SMILES string of the molecule is CCc1ccc([C@H](C)NS(=O)(=O)c2ccc(SC)c(C(=O)N3CCOCC3)c2)cc1. The maximum atomic E-state index is 13.0. The van der Waals surface area contributed by atoms with E-state index < -0.39 is 10.0 Å². The van der Waals surface area contributed by atoms with Crippen LogP contribution >= 0.6 is 11.8 Å². The van der Waals surface area contributed by atoms with Gasteiger partial charge in [-0.05, 0) is 48.9 Å². The highest BCUT2D eigenvalue weighted by atomic mass is 32.2. The van der Waals surface area contributed by atoms with Gasteiger partial charge in [0.05, 0.1) is 23.7 Å². The third kappa shape index (κ3) is 5.24. The van der Waals surface area contributed by atoms with E-state index in [0.29, 0.717) is 31.9 Å². The minimum Gasteiger partial charge on any atom is -0.378 e. The molecule has 2 aromatic carbocycles. The number of benzene rings is 2. The molecule has 1 fully saturated rings. The maximum Gasteiger partial charge on any atom is 0.255 e. The van der Waals surface area contributed by atoms with E-state index in [1.54, 1.807) is 17.0 Å². The summed E-state index contributed by atoms with van der Waals surface area (Å²) >= 11 is 1.43. The topological polar surface area (TPSA) is 75.7 Å². The van der Waals surface area contributed by atoms with E-state index in [4.69, 9.17) is 4.74 Å². The standard InChI is InChI=1S/C22H28N2O4S2/c1-4-17-5-7-18(8-6-17)16(2)23-30(26,27)19-9-10-21(29-3)20(15-19)22(25)24-11-13-28-14-12-24/h5-10,15-16,23H,4,11-14H2,1-3H3/t16-/m0/s1. The lowest BCUT2D eigenvalue weighted by atomic mass is 10.1. The van der Waals surface area contributed by atoms with E-state index in [9.17, 15) is 13.2 Å². The van der Waals surface area contributed by atoms with Crippen LogP contribution in [0.3, 0.4) is 0 Å². The normalized spacial score (nSPS) is 15.8. The first-order valence-corrected chi connectivity index (χ1v) is 12.7. The van der Waals surface area contributed by atoms with E-state index in [-0.39, 0.29) is 16.8 Å². The van der Waals surface area contributed by atoms with Gasteiger partial charge in [-0.2, -0.15) is 0 Å². The van der Waals surface area contributed by atoms with Gasteiger partial charge in [-0.25, -0.2) is 13.1 Å². The Balaban J connectivity index is 1.84. The molecule has 6 nitrogen and oxygen atoms in total. The first kappa shape index (κ1) is 22.8. The number of nitrogens with zero attached hydrogens (tertiary/aromatic N) is 1. The third-order valence-electron chi connectivity index (χ3n) is 5.23. The summed E-state index contributed by atoms with van der Waals surface area (Å²) in [5, 5.41) is 0. The van der Waals surface area contributed by atoms with Crippen LogP contribution in [0.15, 0.2) is 52.3 Å². The van der Waals surface area contributed by atoms with Crippen LogP contribution in [0.5, 0.6) is 0 Å².